The molecule has 0 atom stereocenters. The Labute approximate surface area is 126 Å². The summed E-state index contributed by atoms with van der Waals surface area (Å²) in [5, 5.41) is 11.6. The lowest BCUT2D eigenvalue weighted by atomic mass is 10.0. The number of anilines is 1. The Morgan fingerprint density at radius 2 is 2.14 bits per heavy atom. The van der Waals surface area contributed by atoms with Gasteiger partial charge in [-0.05, 0) is 38.5 Å². The first-order valence-electron chi connectivity index (χ1n) is 6.93. The number of aryl methyl sites for hydroxylation is 1. The molecule has 0 aliphatic carbocycles. The number of benzene rings is 1. The van der Waals surface area contributed by atoms with Crippen molar-refractivity contribution < 1.29 is 14.6 Å². The summed E-state index contributed by atoms with van der Waals surface area (Å²) in [5.74, 6) is 5.73. The lowest BCUT2D eigenvalue weighted by molar-refractivity contribution is -0.121. The van der Waals surface area contributed by atoms with Crippen molar-refractivity contribution in [2.24, 2.45) is 0 Å². The summed E-state index contributed by atoms with van der Waals surface area (Å²) in [6, 6.07) is 5.66. The topological polar surface area (TPSA) is 58.6 Å². The summed E-state index contributed by atoms with van der Waals surface area (Å²) in [6.45, 7) is 5.73. The van der Waals surface area contributed by atoms with E-state index in [-0.39, 0.29) is 18.9 Å². The number of amides is 1. The molecule has 0 aromatic heterocycles. The van der Waals surface area contributed by atoms with E-state index >= 15 is 0 Å². The van der Waals surface area contributed by atoms with Crippen molar-refractivity contribution in [3.63, 3.8) is 0 Å². The molecular formula is C17H23NO3. The first-order valence-corrected chi connectivity index (χ1v) is 6.93. The number of aliphatic hydroxyl groups is 1. The van der Waals surface area contributed by atoms with E-state index < -0.39 is 5.60 Å². The highest BCUT2D eigenvalue weighted by Crippen LogP contribution is 2.19. The predicted octanol–water partition coefficient (Wildman–Crippen LogP) is 2.48. The molecule has 0 aliphatic heterocycles. The van der Waals surface area contributed by atoms with Crippen LogP contribution < -0.4 is 5.32 Å². The van der Waals surface area contributed by atoms with E-state index in [1.54, 1.807) is 7.11 Å². The van der Waals surface area contributed by atoms with Crippen LogP contribution in [0.5, 0.6) is 0 Å². The second-order valence-corrected chi connectivity index (χ2v) is 5.49. The van der Waals surface area contributed by atoms with E-state index in [1.165, 1.54) is 0 Å². The number of carbonyl (C=O) groups is 1. The highest BCUT2D eigenvalue weighted by molar-refractivity contribution is 5.92. The first-order chi connectivity index (χ1) is 9.88. The van der Waals surface area contributed by atoms with Crippen molar-refractivity contribution in [2.45, 2.75) is 39.2 Å². The van der Waals surface area contributed by atoms with Crippen molar-refractivity contribution >= 4 is 11.6 Å². The minimum Gasteiger partial charge on any atom is -0.395 e. The number of hydrogen-bond acceptors (Lipinski definition) is 3. The van der Waals surface area contributed by atoms with Gasteiger partial charge in [-0.15, -0.1) is 0 Å². The molecular weight excluding hydrogens is 266 g/mol. The number of rotatable bonds is 5. The molecule has 1 aromatic carbocycles. The Morgan fingerprint density at radius 1 is 1.43 bits per heavy atom. The monoisotopic (exact) mass is 289 g/mol. The number of carbonyl (C=O) groups excluding carboxylic acids is 1. The minimum absolute atomic E-state index is 0.0502. The molecule has 0 saturated carbocycles. The van der Waals surface area contributed by atoms with Crippen molar-refractivity contribution in [1.29, 1.82) is 0 Å². The quantitative estimate of drug-likeness (QED) is 0.819. The van der Waals surface area contributed by atoms with Gasteiger partial charge < -0.3 is 15.2 Å². The van der Waals surface area contributed by atoms with Crippen LogP contribution in [0.25, 0.3) is 0 Å². The summed E-state index contributed by atoms with van der Waals surface area (Å²) in [7, 11) is 1.59. The van der Waals surface area contributed by atoms with Crippen LogP contribution in [0, 0.1) is 18.8 Å². The van der Waals surface area contributed by atoms with Crippen LogP contribution in [-0.4, -0.2) is 30.3 Å². The van der Waals surface area contributed by atoms with Gasteiger partial charge in [0, 0.05) is 24.8 Å². The fraction of sp³-hybridized carbons (Fsp3) is 0.471. The van der Waals surface area contributed by atoms with Gasteiger partial charge in [0.1, 0.15) is 0 Å². The number of nitrogens with one attached hydrogen (secondary N) is 1. The zero-order valence-corrected chi connectivity index (χ0v) is 13.1. The molecule has 0 radical (unpaired) electrons. The van der Waals surface area contributed by atoms with Crippen molar-refractivity contribution in [2.75, 3.05) is 19.0 Å². The largest absolute Gasteiger partial charge is 0.395 e. The van der Waals surface area contributed by atoms with Gasteiger partial charge in [0.15, 0.2) is 0 Å². The van der Waals surface area contributed by atoms with Crippen LogP contribution in [0.2, 0.25) is 0 Å². The molecule has 2 N–H and O–H groups in total. The van der Waals surface area contributed by atoms with Crippen LogP contribution in [0.4, 0.5) is 5.69 Å². The summed E-state index contributed by atoms with van der Waals surface area (Å²) in [4.78, 5) is 12.1. The maximum absolute atomic E-state index is 12.1. The number of ether oxygens (including phenoxy) is 1. The average molecular weight is 289 g/mol. The van der Waals surface area contributed by atoms with Crippen LogP contribution in [0.15, 0.2) is 18.2 Å². The second kappa shape index (κ2) is 7.82. The van der Waals surface area contributed by atoms with E-state index in [1.807, 2.05) is 39.0 Å². The molecule has 4 nitrogen and oxygen atoms in total. The zero-order valence-electron chi connectivity index (χ0n) is 13.1. The van der Waals surface area contributed by atoms with Gasteiger partial charge in [-0.2, -0.15) is 0 Å². The molecule has 1 rings (SSSR count). The summed E-state index contributed by atoms with van der Waals surface area (Å²) in [6.07, 6.45) is 0.723. The van der Waals surface area contributed by atoms with Crippen molar-refractivity contribution in [3.8, 4) is 11.8 Å². The highest BCUT2D eigenvalue weighted by atomic mass is 16.5. The molecule has 0 heterocycles. The maximum atomic E-state index is 12.1. The van der Waals surface area contributed by atoms with E-state index in [4.69, 9.17) is 9.84 Å². The normalized spacial score (nSPS) is 10.7. The molecule has 0 bridgehead atoms. The standard InChI is InChI=1S/C17H23NO3/c1-13-8-9-14(7-5-6-10-19)11-15(13)18-16(20)12-17(2,3)21-4/h8-9,11,19H,6,10,12H2,1-4H3,(H,18,20). The van der Waals surface area contributed by atoms with E-state index in [2.05, 4.69) is 17.2 Å². The molecule has 21 heavy (non-hydrogen) atoms. The first kappa shape index (κ1) is 17.2. The van der Waals surface area contributed by atoms with E-state index in [0.717, 1.165) is 16.8 Å². The van der Waals surface area contributed by atoms with Crippen LogP contribution in [-0.2, 0) is 9.53 Å². The molecule has 0 unspecified atom stereocenters. The fourth-order valence-corrected chi connectivity index (χ4v) is 1.71. The maximum Gasteiger partial charge on any atom is 0.227 e. The summed E-state index contributed by atoms with van der Waals surface area (Å²) >= 11 is 0. The lowest BCUT2D eigenvalue weighted by Gasteiger charge is -2.22. The predicted molar refractivity (Wildman–Crippen MR) is 84.1 cm³/mol. The van der Waals surface area contributed by atoms with Crippen LogP contribution in [0.3, 0.4) is 0 Å². The summed E-state index contributed by atoms with van der Waals surface area (Å²) in [5.41, 5.74) is 2.06. The Kier molecular flexibility index (Phi) is 6.41. The number of methoxy groups -OCH3 is 1. The smallest absolute Gasteiger partial charge is 0.227 e. The third kappa shape index (κ3) is 5.99. The Hall–Kier alpha value is -1.83. The third-order valence-corrected chi connectivity index (χ3v) is 3.12. The fourth-order valence-electron chi connectivity index (χ4n) is 1.71. The van der Waals surface area contributed by atoms with Crippen molar-refractivity contribution in [1.82, 2.24) is 0 Å². The Bertz CT molecular complexity index is 553. The number of aliphatic hydroxyl groups excluding tert-OH is 1. The molecule has 0 spiro atoms. The van der Waals surface area contributed by atoms with E-state index in [0.29, 0.717) is 6.42 Å². The molecule has 4 heteroatoms. The Balaban J connectivity index is 2.81. The average Bonchev–Trinajstić information content (AvgIpc) is 2.42. The van der Waals surface area contributed by atoms with Gasteiger partial charge in [-0.3, -0.25) is 4.79 Å². The molecule has 1 amide bonds. The van der Waals surface area contributed by atoms with Gasteiger partial charge in [0.2, 0.25) is 5.91 Å². The van der Waals surface area contributed by atoms with Gasteiger partial charge in [0.25, 0.3) is 0 Å². The number of hydrogen-bond donors (Lipinski definition) is 2. The van der Waals surface area contributed by atoms with Gasteiger partial charge in [-0.25, -0.2) is 0 Å². The zero-order chi connectivity index (χ0) is 15.9. The SMILES string of the molecule is COC(C)(C)CC(=O)Nc1cc(C#CCCO)ccc1C. The third-order valence-electron chi connectivity index (χ3n) is 3.12. The van der Waals surface area contributed by atoms with Gasteiger partial charge in [0.05, 0.1) is 18.6 Å². The molecule has 114 valence electrons. The molecule has 1 aromatic rings. The molecule has 0 fully saturated rings. The molecule has 0 saturated heterocycles. The minimum atomic E-state index is -0.490. The highest BCUT2D eigenvalue weighted by Gasteiger charge is 2.21. The second-order valence-electron chi connectivity index (χ2n) is 5.49. The van der Waals surface area contributed by atoms with Crippen molar-refractivity contribution in [3.05, 3.63) is 29.3 Å². The van der Waals surface area contributed by atoms with Crippen LogP contribution >= 0.6 is 0 Å². The van der Waals surface area contributed by atoms with Gasteiger partial charge >= 0.3 is 0 Å². The van der Waals surface area contributed by atoms with Crippen LogP contribution in [0.1, 0.15) is 37.8 Å². The van der Waals surface area contributed by atoms with Gasteiger partial charge in [-0.1, -0.05) is 17.9 Å². The van der Waals surface area contributed by atoms with E-state index in [9.17, 15) is 4.79 Å². The molecule has 0 aliphatic rings. The Morgan fingerprint density at radius 3 is 2.76 bits per heavy atom. The lowest BCUT2D eigenvalue weighted by Crippen LogP contribution is -2.29. The summed E-state index contributed by atoms with van der Waals surface area (Å²) < 4.78 is 5.26.